The van der Waals surface area contributed by atoms with Crippen LogP contribution in [-0.2, 0) is 14.3 Å². The van der Waals surface area contributed by atoms with E-state index >= 15 is 0 Å². The molecule has 9 nitrogen and oxygen atoms in total. The minimum atomic E-state index is -1.57. The number of carbonyl (C=O) groups excluding carboxylic acids is 1. The molecule has 360 valence electrons. The summed E-state index contributed by atoms with van der Waals surface area (Å²) in [6.45, 7) is 3.66. The number of aliphatic hydroxyl groups excluding tert-OH is 5. The molecular formula is C53H95NO8. The fourth-order valence-electron chi connectivity index (χ4n) is 7.79. The van der Waals surface area contributed by atoms with E-state index < -0.39 is 49.5 Å². The Morgan fingerprint density at radius 2 is 1.00 bits per heavy atom. The van der Waals surface area contributed by atoms with Crippen LogP contribution in [0, 0.1) is 0 Å². The second-order valence-electron chi connectivity index (χ2n) is 17.6. The van der Waals surface area contributed by atoms with Gasteiger partial charge < -0.3 is 40.3 Å². The fourth-order valence-corrected chi connectivity index (χ4v) is 7.79. The first-order valence-electron chi connectivity index (χ1n) is 25.5. The lowest BCUT2D eigenvalue weighted by atomic mass is 9.99. The zero-order valence-corrected chi connectivity index (χ0v) is 39.6. The Bertz CT molecular complexity index is 1150. The molecule has 1 heterocycles. The quantitative estimate of drug-likeness (QED) is 0.0262. The number of allylic oxidation sites excluding steroid dienone is 9. The third-order valence-electron chi connectivity index (χ3n) is 11.8. The van der Waals surface area contributed by atoms with E-state index in [2.05, 4.69) is 67.8 Å². The molecule has 9 heteroatoms. The van der Waals surface area contributed by atoms with Gasteiger partial charge in [-0.05, 0) is 57.8 Å². The molecule has 0 aliphatic carbocycles. The van der Waals surface area contributed by atoms with Gasteiger partial charge in [0.2, 0.25) is 5.91 Å². The van der Waals surface area contributed by atoms with E-state index in [0.29, 0.717) is 6.42 Å². The Morgan fingerprint density at radius 1 is 0.565 bits per heavy atom. The van der Waals surface area contributed by atoms with Crippen molar-refractivity contribution < 1.29 is 39.8 Å². The maximum atomic E-state index is 13.0. The standard InChI is InChI=1S/C53H95NO8/c1-3-5-7-9-11-13-15-17-19-21-23-24-25-27-29-31-33-35-37-39-41-43-49(57)54-46(45-61-53-52(60)51(59)50(58)48(44-55)62-53)47(56)42-40-38-36-34-32-30-28-26-22-20-18-16-14-12-10-8-6-4-2/h5,7,11,13,17,19,23-24,40,42,46-48,50-53,55-56,58-60H,3-4,6,8-10,12,14-16,18,20-22,25-39,41,43-45H2,1-2H3,(H,54,57)/b7-5-,13-11-,19-17-,24-23-,42-40+. The molecule has 0 aromatic rings. The van der Waals surface area contributed by atoms with Crippen LogP contribution in [0.15, 0.2) is 60.8 Å². The number of ether oxygens (including phenoxy) is 2. The van der Waals surface area contributed by atoms with Gasteiger partial charge in [0.05, 0.1) is 25.4 Å². The molecule has 7 unspecified atom stereocenters. The van der Waals surface area contributed by atoms with Crippen molar-refractivity contribution >= 4 is 5.91 Å². The summed E-state index contributed by atoms with van der Waals surface area (Å²) in [5.74, 6) is -0.187. The van der Waals surface area contributed by atoms with E-state index in [0.717, 1.165) is 77.0 Å². The molecule has 0 saturated carbocycles. The average Bonchev–Trinajstić information content (AvgIpc) is 3.27. The molecule has 62 heavy (non-hydrogen) atoms. The van der Waals surface area contributed by atoms with Gasteiger partial charge in [0, 0.05) is 6.42 Å². The Morgan fingerprint density at radius 3 is 1.48 bits per heavy atom. The van der Waals surface area contributed by atoms with E-state index in [4.69, 9.17) is 9.47 Å². The summed E-state index contributed by atoms with van der Waals surface area (Å²) in [5, 5.41) is 54.4. The number of hydrogen-bond acceptors (Lipinski definition) is 8. The highest BCUT2D eigenvalue weighted by Crippen LogP contribution is 2.23. The van der Waals surface area contributed by atoms with Crippen LogP contribution in [-0.4, -0.2) is 87.5 Å². The Hall–Kier alpha value is -2.11. The van der Waals surface area contributed by atoms with Gasteiger partial charge in [-0.25, -0.2) is 0 Å². The third kappa shape index (κ3) is 32.5. The van der Waals surface area contributed by atoms with Gasteiger partial charge in [-0.15, -0.1) is 0 Å². The van der Waals surface area contributed by atoms with Gasteiger partial charge in [0.25, 0.3) is 0 Å². The van der Waals surface area contributed by atoms with Crippen LogP contribution in [0.1, 0.15) is 213 Å². The summed E-state index contributed by atoms with van der Waals surface area (Å²) in [7, 11) is 0. The molecule has 1 saturated heterocycles. The molecule has 1 rings (SSSR count). The third-order valence-corrected chi connectivity index (χ3v) is 11.8. The van der Waals surface area contributed by atoms with Crippen LogP contribution in [0.3, 0.4) is 0 Å². The number of carbonyl (C=O) groups is 1. The molecule has 1 aliphatic rings. The topological polar surface area (TPSA) is 149 Å². The van der Waals surface area contributed by atoms with Crippen LogP contribution in [0.5, 0.6) is 0 Å². The average molecular weight is 874 g/mol. The minimum absolute atomic E-state index is 0.187. The first-order valence-corrected chi connectivity index (χ1v) is 25.5. The molecule has 7 atom stereocenters. The highest BCUT2D eigenvalue weighted by atomic mass is 16.7. The molecule has 0 aromatic carbocycles. The number of hydrogen-bond donors (Lipinski definition) is 6. The van der Waals surface area contributed by atoms with Crippen molar-refractivity contribution in [2.45, 2.75) is 256 Å². The fraction of sp³-hybridized carbons (Fsp3) is 0.792. The highest BCUT2D eigenvalue weighted by molar-refractivity contribution is 5.76. The highest BCUT2D eigenvalue weighted by Gasteiger charge is 2.44. The number of aliphatic hydroxyl groups is 5. The molecular weight excluding hydrogens is 779 g/mol. The van der Waals surface area contributed by atoms with Crippen LogP contribution < -0.4 is 5.32 Å². The number of rotatable bonds is 42. The molecule has 0 bridgehead atoms. The van der Waals surface area contributed by atoms with Crippen molar-refractivity contribution in [3.63, 3.8) is 0 Å². The molecule has 0 aromatic heterocycles. The normalized spacial score (nSPS) is 20.8. The lowest BCUT2D eigenvalue weighted by molar-refractivity contribution is -0.302. The molecule has 0 spiro atoms. The first kappa shape index (κ1) is 57.9. The van der Waals surface area contributed by atoms with Crippen molar-refractivity contribution in [3.05, 3.63) is 60.8 Å². The van der Waals surface area contributed by atoms with Crippen molar-refractivity contribution in [1.29, 1.82) is 0 Å². The Labute approximate surface area is 379 Å². The van der Waals surface area contributed by atoms with E-state index in [1.54, 1.807) is 6.08 Å². The second-order valence-corrected chi connectivity index (χ2v) is 17.6. The Balaban J connectivity index is 2.31. The van der Waals surface area contributed by atoms with Crippen LogP contribution in [0.2, 0.25) is 0 Å². The van der Waals surface area contributed by atoms with Crippen LogP contribution >= 0.6 is 0 Å². The maximum absolute atomic E-state index is 13.0. The van der Waals surface area contributed by atoms with Gasteiger partial charge in [0.15, 0.2) is 6.29 Å². The summed E-state index contributed by atoms with van der Waals surface area (Å²) in [6.07, 6.45) is 49.7. The summed E-state index contributed by atoms with van der Waals surface area (Å²) in [6, 6.07) is -0.811. The SMILES string of the molecule is CC/C=C\C/C=C\C/C=C\C/C=C\CCCCCCCCCCC(=O)NC(COC1OC(CO)C(O)C(O)C1O)C(O)/C=C/CCCCCCCCCCCCCCCCCC. The molecule has 1 fully saturated rings. The first-order chi connectivity index (χ1) is 30.3. The minimum Gasteiger partial charge on any atom is -0.394 e. The van der Waals surface area contributed by atoms with Gasteiger partial charge >= 0.3 is 0 Å². The van der Waals surface area contributed by atoms with E-state index in [9.17, 15) is 30.3 Å². The second kappa shape index (κ2) is 42.8. The Kier molecular flexibility index (Phi) is 40.0. The summed E-state index contributed by atoms with van der Waals surface area (Å²) in [4.78, 5) is 13.0. The maximum Gasteiger partial charge on any atom is 0.220 e. The molecule has 6 N–H and O–H groups in total. The smallest absolute Gasteiger partial charge is 0.220 e. The molecule has 1 aliphatic heterocycles. The summed E-state index contributed by atoms with van der Waals surface area (Å²) >= 11 is 0. The molecule has 0 radical (unpaired) electrons. The van der Waals surface area contributed by atoms with E-state index in [-0.39, 0.29) is 12.5 Å². The summed E-state index contributed by atoms with van der Waals surface area (Å²) < 4.78 is 11.2. The number of nitrogens with one attached hydrogen (secondary N) is 1. The predicted molar refractivity (Wildman–Crippen MR) is 258 cm³/mol. The lowest BCUT2D eigenvalue weighted by Crippen LogP contribution is -2.60. The van der Waals surface area contributed by atoms with Crippen LogP contribution in [0.4, 0.5) is 0 Å². The van der Waals surface area contributed by atoms with Gasteiger partial charge in [-0.1, -0.05) is 209 Å². The van der Waals surface area contributed by atoms with E-state index in [1.807, 2.05) is 6.08 Å². The van der Waals surface area contributed by atoms with Gasteiger partial charge in [0.1, 0.15) is 24.4 Å². The van der Waals surface area contributed by atoms with E-state index in [1.165, 1.54) is 116 Å². The van der Waals surface area contributed by atoms with Crippen molar-refractivity contribution in [2.75, 3.05) is 13.2 Å². The number of unbranched alkanes of at least 4 members (excludes halogenated alkanes) is 24. The van der Waals surface area contributed by atoms with Crippen molar-refractivity contribution in [3.8, 4) is 0 Å². The zero-order valence-electron chi connectivity index (χ0n) is 39.6. The van der Waals surface area contributed by atoms with Crippen LogP contribution in [0.25, 0.3) is 0 Å². The van der Waals surface area contributed by atoms with Crippen molar-refractivity contribution in [1.82, 2.24) is 5.32 Å². The summed E-state index contributed by atoms with van der Waals surface area (Å²) in [5.41, 5.74) is 0. The largest absolute Gasteiger partial charge is 0.394 e. The lowest BCUT2D eigenvalue weighted by Gasteiger charge is -2.40. The monoisotopic (exact) mass is 874 g/mol. The number of amides is 1. The van der Waals surface area contributed by atoms with Gasteiger partial charge in [-0.2, -0.15) is 0 Å². The molecule has 1 amide bonds. The van der Waals surface area contributed by atoms with Crippen molar-refractivity contribution in [2.24, 2.45) is 0 Å². The van der Waals surface area contributed by atoms with Gasteiger partial charge in [-0.3, -0.25) is 4.79 Å². The zero-order chi connectivity index (χ0) is 45.1. The predicted octanol–water partition coefficient (Wildman–Crippen LogP) is 11.6.